The van der Waals surface area contributed by atoms with Crippen LogP contribution in [0.2, 0.25) is 0 Å². The van der Waals surface area contributed by atoms with E-state index in [0.717, 1.165) is 38.5 Å². The fourth-order valence-electron chi connectivity index (χ4n) is 5.54. The largest absolute Gasteiger partial charge is 0.470 e. The van der Waals surface area contributed by atoms with Gasteiger partial charge in [-0.1, -0.05) is 168 Å². The van der Waals surface area contributed by atoms with Gasteiger partial charge in [0, 0.05) is 0 Å². The highest BCUT2D eigenvalue weighted by Gasteiger charge is 2.43. The smallest absolute Gasteiger partial charge is 0.394 e. The quantitative estimate of drug-likeness (QED) is 0.0511. The number of hydrogen-bond acceptors (Lipinski definition) is 4. The summed E-state index contributed by atoms with van der Waals surface area (Å²) in [7, 11) is -4.79. The van der Waals surface area contributed by atoms with E-state index < -0.39 is 26.1 Å². The third kappa shape index (κ3) is 22.8. The molecule has 0 aromatic carbocycles. The van der Waals surface area contributed by atoms with Gasteiger partial charge in [0.15, 0.2) is 0 Å². The van der Waals surface area contributed by atoms with Crippen LogP contribution in [0.3, 0.4) is 0 Å². The van der Waals surface area contributed by atoms with Crippen molar-refractivity contribution in [2.24, 2.45) is 0 Å². The lowest BCUT2D eigenvalue weighted by molar-refractivity contribution is -0.0999. The van der Waals surface area contributed by atoms with Gasteiger partial charge in [-0.2, -0.15) is 0 Å². The van der Waals surface area contributed by atoms with Crippen LogP contribution in [-0.2, 0) is 9.09 Å². The average molecular weight is 565 g/mol. The second-order valence-electron chi connectivity index (χ2n) is 11.6. The Bertz CT molecular complexity index is 510. The first-order valence-electron chi connectivity index (χ1n) is 16.4. The van der Waals surface area contributed by atoms with Gasteiger partial charge in [-0.15, -0.1) is 0 Å². The van der Waals surface area contributed by atoms with E-state index in [1.165, 1.54) is 116 Å². The van der Waals surface area contributed by atoms with E-state index in [1.54, 1.807) is 0 Å². The van der Waals surface area contributed by atoms with E-state index in [4.69, 9.17) is 4.52 Å². The summed E-state index contributed by atoms with van der Waals surface area (Å²) in [5, 5.41) is 20.2. The highest BCUT2D eigenvalue weighted by molar-refractivity contribution is 7.46. The minimum absolute atomic E-state index is 0.356. The van der Waals surface area contributed by atoms with Crippen LogP contribution in [0.1, 0.15) is 181 Å². The van der Waals surface area contributed by atoms with Crippen LogP contribution in [0.5, 0.6) is 0 Å². The fourth-order valence-corrected chi connectivity index (χ4v) is 6.32. The molecule has 0 saturated carbocycles. The van der Waals surface area contributed by atoms with Crippen molar-refractivity contribution >= 4 is 7.82 Å². The van der Waals surface area contributed by atoms with Crippen LogP contribution >= 0.6 is 7.82 Å². The normalized spacial score (nSPS) is 13.3. The maximum atomic E-state index is 11.8. The Morgan fingerprint density at radius 2 is 0.816 bits per heavy atom. The highest BCUT2D eigenvalue weighted by atomic mass is 31.2. The zero-order chi connectivity index (χ0) is 28.4. The standard InChI is InChI=1S/C31H65O6P/c1-3-5-7-9-11-13-15-17-19-21-23-25-27-31(30(33)29-32,37-38(34,35)36)28-26-24-22-20-18-16-14-12-10-8-6-4-2/h30,32-33H,3-29H2,1-2H3,(H2,34,35,36). The molecule has 0 spiro atoms. The summed E-state index contributed by atoms with van der Waals surface area (Å²) in [6, 6.07) is 0. The van der Waals surface area contributed by atoms with Crippen LogP contribution in [-0.4, -0.2) is 38.3 Å². The molecular weight excluding hydrogens is 499 g/mol. The van der Waals surface area contributed by atoms with Gasteiger partial charge in [0.1, 0.15) is 11.7 Å². The third-order valence-electron chi connectivity index (χ3n) is 7.99. The molecule has 0 aliphatic rings. The van der Waals surface area contributed by atoms with Crippen molar-refractivity contribution in [3.05, 3.63) is 0 Å². The summed E-state index contributed by atoms with van der Waals surface area (Å²) in [6.45, 7) is 3.93. The Morgan fingerprint density at radius 1 is 0.553 bits per heavy atom. The topological polar surface area (TPSA) is 107 Å². The van der Waals surface area contributed by atoms with Crippen LogP contribution in [0.4, 0.5) is 0 Å². The predicted molar refractivity (Wildman–Crippen MR) is 160 cm³/mol. The number of unbranched alkanes of at least 4 members (excludes halogenated alkanes) is 22. The van der Waals surface area contributed by atoms with E-state index in [9.17, 15) is 24.6 Å². The zero-order valence-electron chi connectivity index (χ0n) is 25.2. The van der Waals surface area contributed by atoms with E-state index >= 15 is 0 Å². The summed E-state index contributed by atoms with van der Waals surface area (Å²) in [6.07, 6.45) is 28.2. The van der Waals surface area contributed by atoms with Crippen molar-refractivity contribution in [3.8, 4) is 0 Å². The molecule has 0 fully saturated rings. The van der Waals surface area contributed by atoms with Crippen molar-refractivity contribution in [2.45, 2.75) is 192 Å². The molecule has 0 aliphatic heterocycles. The van der Waals surface area contributed by atoms with Crippen LogP contribution in [0, 0.1) is 0 Å². The van der Waals surface area contributed by atoms with Crippen molar-refractivity contribution in [1.82, 2.24) is 0 Å². The van der Waals surface area contributed by atoms with Gasteiger partial charge in [-0.25, -0.2) is 4.57 Å². The molecule has 0 amide bonds. The van der Waals surface area contributed by atoms with Gasteiger partial charge in [0.25, 0.3) is 0 Å². The number of aliphatic hydroxyl groups is 2. The third-order valence-corrected chi connectivity index (χ3v) is 8.59. The van der Waals surface area contributed by atoms with E-state index in [0.29, 0.717) is 12.8 Å². The summed E-state index contributed by atoms with van der Waals surface area (Å²) in [4.78, 5) is 19.2. The second kappa shape index (κ2) is 26.0. The first-order chi connectivity index (χ1) is 18.3. The monoisotopic (exact) mass is 564 g/mol. The van der Waals surface area contributed by atoms with Crippen LogP contribution < -0.4 is 0 Å². The molecular formula is C31H65O6P. The van der Waals surface area contributed by atoms with Gasteiger partial charge >= 0.3 is 7.82 Å². The molecule has 0 aromatic heterocycles. The van der Waals surface area contributed by atoms with Crippen LogP contribution in [0.15, 0.2) is 0 Å². The Balaban J connectivity index is 4.29. The van der Waals surface area contributed by atoms with Crippen molar-refractivity contribution in [3.63, 3.8) is 0 Å². The summed E-state index contributed by atoms with van der Waals surface area (Å²) >= 11 is 0. The first kappa shape index (κ1) is 38.0. The molecule has 0 aromatic rings. The molecule has 230 valence electrons. The molecule has 4 N–H and O–H groups in total. The van der Waals surface area contributed by atoms with E-state index in [1.807, 2.05) is 0 Å². The Labute approximate surface area is 236 Å². The van der Waals surface area contributed by atoms with Crippen molar-refractivity contribution < 1.29 is 29.1 Å². The number of phosphoric ester groups is 1. The number of hydrogen-bond donors (Lipinski definition) is 4. The number of phosphoric acid groups is 1. The SMILES string of the molecule is CCCCCCCCCCCCCCC(CCCCCCCCCCCCCC)(OP(=O)(O)O)C(O)CO. The Hall–Kier alpha value is 0.0300. The Kier molecular flexibility index (Phi) is 26.0. The summed E-state index contributed by atoms with van der Waals surface area (Å²) in [5.74, 6) is 0. The molecule has 0 heterocycles. The molecule has 6 nitrogen and oxygen atoms in total. The highest BCUT2D eigenvalue weighted by Crippen LogP contribution is 2.46. The van der Waals surface area contributed by atoms with Gasteiger partial charge < -0.3 is 20.0 Å². The van der Waals surface area contributed by atoms with Crippen molar-refractivity contribution in [2.75, 3.05) is 6.61 Å². The van der Waals surface area contributed by atoms with Crippen LogP contribution in [0.25, 0.3) is 0 Å². The summed E-state index contributed by atoms with van der Waals surface area (Å²) < 4.78 is 17.0. The minimum Gasteiger partial charge on any atom is -0.394 e. The summed E-state index contributed by atoms with van der Waals surface area (Å²) in [5.41, 5.74) is -1.38. The van der Waals surface area contributed by atoms with E-state index in [-0.39, 0.29) is 0 Å². The molecule has 0 saturated heterocycles. The van der Waals surface area contributed by atoms with Crippen molar-refractivity contribution in [1.29, 1.82) is 0 Å². The molecule has 1 atom stereocenters. The average Bonchev–Trinajstić information content (AvgIpc) is 2.88. The first-order valence-corrected chi connectivity index (χ1v) is 17.9. The molecule has 1 unspecified atom stereocenters. The molecule has 7 heteroatoms. The molecule has 38 heavy (non-hydrogen) atoms. The second-order valence-corrected chi connectivity index (χ2v) is 12.8. The maximum Gasteiger partial charge on any atom is 0.470 e. The van der Waals surface area contributed by atoms with Gasteiger partial charge in [0.2, 0.25) is 0 Å². The molecule has 0 bridgehead atoms. The molecule has 0 aliphatic carbocycles. The lowest BCUT2D eigenvalue weighted by Crippen LogP contribution is -2.46. The lowest BCUT2D eigenvalue weighted by atomic mass is 9.85. The lowest BCUT2D eigenvalue weighted by Gasteiger charge is -2.37. The molecule has 0 rings (SSSR count). The maximum absolute atomic E-state index is 11.8. The Morgan fingerprint density at radius 3 is 1.05 bits per heavy atom. The van der Waals surface area contributed by atoms with E-state index in [2.05, 4.69) is 13.8 Å². The van der Waals surface area contributed by atoms with Gasteiger partial charge in [-0.3, -0.25) is 4.52 Å². The molecule has 0 radical (unpaired) electrons. The minimum atomic E-state index is -4.79. The van der Waals surface area contributed by atoms with Gasteiger partial charge in [-0.05, 0) is 12.8 Å². The number of aliphatic hydroxyl groups excluding tert-OH is 2. The number of rotatable bonds is 30. The van der Waals surface area contributed by atoms with Gasteiger partial charge in [0.05, 0.1) is 6.61 Å². The zero-order valence-corrected chi connectivity index (χ0v) is 26.1. The fraction of sp³-hybridized carbons (Fsp3) is 1.00. The predicted octanol–water partition coefficient (Wildman–Crippen LogP) is 9.37.